The Morgan fingerprint density at radius 3 is 1.68 bits per heavy atom. The average molecular weight is 843 g/mol. The highest BCUT2D eigenvalue weighted by molar-refractivity contribution is 6.23. The monoisotopic (exact) mass is 842 g/mol. The van der Waals surface area contributed by atoms with E-state index < -0.39 is 5.54 Å². The second-order valence-corrected chi connectivity index (χ2v) is 18.2. The molecule has 0 radical (unpaired) electrons. The number of hydrogen-bond donors (Lipinski definition) is 0. The van der Waals surface area contributed by atoms with E-state index in [0.29, 0.717) is 0 Å². The summed E-state index contributed by atoms with van der Waals surface area (Å²) < 4.78 is 4.94. The van der Waals surface area contributed by atoms with Crippen LogP contribution in [0, 0.1) is 11.8 Å². The number of aromatic nitrogens is 2. The first kappa shape index (κ1) is 37.1. The van der Waals surface area contributed by atoms with Crippen LogP contribution in [0.5, 0.6) is 0 Å². The minimum atomic E-state index is -0.442. The number of amidine groups is 1. The van der Waals surface area contributed by atoms with E-state index in [-0.39, 0.29) is 11.8 Å². The zero-order chi connectivity index (χ0) is 43.5. The van der Waals surface area contributed by atoms with Crippen LogP contribution in [-0.4, -0.2) is 20.7 Å². The average Bonchev–Trinajstić information content (AvgIpc) is 3.69. The van der Waals surface area contributed by atoms with Gasteiger partial charge in [0.15, 0.2) is 5.84 Å². The van der Waals surface area contributed by atoms with Gasteiger partial charge in [-0.05, 0) is 98.8 Å². The van der Waals surface area contributed by atoms with Crippen molar-refractivity contribution in [3.05, 3.63) is 241 Å². The molecule has 0 bridgehead atoms. The fraction of sp³-hybridized carbons (Fsp3) is 0.0645. The number of aliphatic imine (C=N–C) groups is 2. The molecule has 310 valence electrons. The van der Waals surface area contributed by atoms with Crippen LogP contribution in [0.25, 0.3) is 87.7 Å². The van der Waals surface area contributed by atoms with E-state index in [1.54, 1.807) is 0 Å². The highest BCUT2D eigenvalue weighted by Crippen LogP contribution is 2.64. The lowest BCUT2D eigenvalue weighted by Gasteiger charge is -2.23. The summed E-state index contributed by atoms with van der Waals surface area (Å²) in [7, 11) is 0. The van der Waals surface area contributed by atoms with Gasteiger partial charge < -0.3 is 9.13 Å². The summed E-state index contributed by atoms with van der Waals surface area (Å²) in [6, 6.07) is 82.0. The van der Waals surface area contributed by atoms with Crippen molar-refractivity contribution in [1.29, 1.82) is 0 Å². The lowest BCUT2D eigenvalue weighted by atomic mass is 9.91. The van der Waals surface area contributed by atoms with Gasteiger partial charge in [0.25, 0.3) is 0 Å². The molecule has 4 nitrogen and oxygen atoms in total. The molecular formula is C62H42N4. The summed E-state index contributed by atoms with van der Waals surface area (Å²) in [6.07, 6.45) is 0. The van der Waals surface area contributed by atoms with Crippen LogP contribution < -0.4 is 0 Å². The van der Waals surface area contributed by atoms with Gasteiger partial charge in [-0.2, -0.15) is 0 Å². The number of benzene rings is 10. The van der Waals surface area contributed by atoms with E-state index in [4.69, 9.17) is 9.98 Å². The second-order valence-electron chi connectivity index (χ2n) is 18.2. The van der Waals surface area contributed by atoms with E-state index >= 15 is 0 Å². The molecule has 1 aliphatic carbocycles. The van der Waals surface area contributed by atoms with Gasteiger partial charge in [-0.3, -0.25) is 4.99 Å². The van der Waals surface area contributed by atoms with Crippen molar-refractivity contribution in [2.75, 3.05) is 0 Å². The molecule has 10 aromatic carbocycles. The van der Waals surface area contributed by atoms with E-state index in [2.05, 4.69) is 241 Å². The molecule has 3 heterocycles. The Hall–Kier alpha value is -8.34. The summed E-state index contributed by atoms with van der Waals surface area (Å²) >= 11 is 0. The predicted molar refractivity (Wildman–Crippen MR) is 276 cm³/mol. The van der Waals surface area contributed by atoms with Crippen LogP contribution in [0.2, 0.25) is 0 Å². The smallest absolute Gasteiger partial charge is 0.155 e. The summed E-state index contributed by atoms with van der Waals surface area (Å²) in [5, 5.41) is 9.81. The first-order valence-corrected chi connectivity index (χ1v) is 23.0. The molecule has 0 saturated heterocycles. The quantitative estimate of drug-likeness (QED) is 0.160. The van der Waals surface area contributed by atoms with Crippen molar-refractivity contribution in [3.63, 3.8) is 0 Å². The van der Waals surface area contributed by atoms with Crippen molar-refractivity contribution in [2.45, 2.75) is 12.5 Å². The Bertz CT molecular complexity index is 3990. The van der Waals surface area contributed by atoms with Gasteiger partial charge in [-0.15, -0.1) is 0 Å². The lowest BCUT2D eigenvalue weighted by molar-refractivity contribution is 0.656. The molecule has 14 rings (SSSR count). The van der Waals surface area contributed by atoms with Crippen LogP contribution in [0.3, 0.4) is 0 Å². The van der Waals surface area contributed by atoms with Gasteiger partial charge in [-0.25, -0.2) is 4.99 Å². The maximum atomic E-state index is 5.64. The fourth-order valence-corrected chi connectivity index (χ4v) is 11.5. The third-order valence-corrected chi connectivity index (χ3v) is 14.7. The highest BCUT2D eigenvalue weighted by atomic mass is 15.1. The Kier molecular flexibility index (Phi) is 7.91. The van der Waals surface area contributed by atoms with Gasteiger partial charge >= 0.3 is 0 Å². The molecule has 1 aliphatic heterocycles. The molecular weight excluding hydrogens is 801 g/mol. The number of nitrogens with zero attached hydrogens (tertiary/aromatic N) is 4. The molecule has 1 saturated carbocycles. The van der Waals surface area contributed by atoms with Crippen molar-refractivity contribution >= 4 is 76.7 Å². The minimum Gasteiger partial charge on any atom is -0.309 e. The van der Waals surface area contributed by atoms with E-state index in [9.17, 15) is 0 Å². The number of fused-ring (bicyclic) bond motifs is 9. The standard InChI is InChI=1S/C62H42N4/c1-39-59-60(63-61(42-19-7-3-8-20-42)64-62(39,59)46-31-29-41(30-32-46)40-17-5-2-6-18-40)54-36-48(33-45-23-13-14-26-49(45)54)66-55-28-16-15-27-50(55)52-37-53-51-34-43-21-11-12-22-44(43)35-56(51)65(58(53)38-57(52)66)47-24-9-4-10-25-47/h2-39,59H,1H3. The molecule has 66 heavy (non-hydrogen) atoms. The maximum absolute atomic E-state index is 5.64. The van der Waals surface area contributed by atoms with Crippen LogP contribution in [-0.2, 0) is 5.54 Å². The number of rotatable bonds is 6. The molecule has 3 unspecified atom stereocenters. The molecule has 0 spiro atoms. The van der Waals surface area contributed by atoms with Crippen LogP contribution in [0.15, 0.2) is 234 Å². The first-order valence-electron chi connectivity index (χ1n) is 23.0. The third-order valence-electron chi connectivity index (χ3n) is 14.7. The van der Waals surface area contributed by atoms with Gasteiger partial charge in [0.1, 0.15) is 5.54 Å². The van der Waals surface area contributed by atoms with Crippen molar-refractivity contribution in [1.82, 2.24) is 9.13 Å². The fourth-order valence-electron chi connectivity index (χ4n) is 11.5. The zero-order valence-electron chi connectivity index (χ0n) is 36.3. The van der Waals surface area contributed by atoms with E-state index in [0.717, 1.165) is 34.0 Å². The zero-order valence-corrected chi connectivity index (χ0v) is 36.3. The van der Waals surface area contributed by atoms with Crippen LogP contribution >= 0.6 is 0 Å². The number of para-hydroxylation sites is 2. The lowest BCUT2D eigenvalue weighted by Crippen LogP contribution is -2.23. The Morgan fingerprint density at radius 1 is 0.394 bits per heavy atom. The van der Waals surface area contributed by atoms with Crippen molar-refractivity contribution < 1.29 is 0 Å². The maximum Gasteiger partial charge on any atom is 0.155 e. The van der Waals surface area contributed by atoms with Crippen molar-refractivity contribution in [3.8, 4) is 22.5 Å². The highest BCUT2D eigenvalue weighted by Gasteiger charge is 2.67. The van der Waals surface area contributed by atoms with Gasteiger partial charge in [0, 0.05) is 50.0 Å². The second kappa shape index (κ2) is 14.1. The van der Waals surface area contributed by atoms with Crippen LogP contribution in [0.1, 0.15) is 23.6 Å². The number of hydrogen-bond acceptors (Lipinski definition) is 2. The topological polar surface area (TPSA) is 34.6 Å². The summed E-state index contributed by atoms with van der Waals surface area (Å²) in [5.74, 6) is 1.12. The molecule has 0 N–H and O–H groups in total. The molecule has 3 atom stereocenters. The Morgan fingerprint density at radius 2 is 0.939 bits per heavy atom. The van der Waals surface area contributed by atoms with Gasteiger partial charge in [0.2, 0.25) is 0 Å². The SMILES string of the molecule is CC1C2C(c3cc(-n4c5ccccc5c5cc6c7cc8ccccc8cc7n(-c7ccccc7)c6cc54)cc4ccccc34)=NC(c3ccccc3)=NC12c1ccc(-c2ccccc2)cc1. The van der Waals surface area contributed by atoms with Crippen LogP contribution in [0.4, 0.5) is 0 Å². The molecule has 1 fully saturated rings. The van der Waals surface area contributed by atoms with Gasteiger partial charge in [0.05, 0.1) is 27.8 Å². The Balaban J connectivity index is 1.01. The molecule has 2 aliphatic rings. The Labute approximate surface area is 382 Å². The molecule has 4 heteroatoms. The van der Waals surface area contributed by atoms with Gasteiger partial charge in [-0.1, -0.05) is 177 Å². The summed E-state index contributed by atoms with van der Waals surface area (Å²) in [5.41, 5.74) is 13.5. The molecule has 0 amide bonds. The first-order chi connectivity index (χ1) is 32.6. The minimum absolute atomic E-state index is 0.0982. The summed E-state index contributed by atoms with van der Waals surface area (Å²) in [6.45, 7) is 2.36. The van der Waals surface area contributed by atoms with E-state index in [1.165, 1.54) is 81.8 Å². The van der Waals surface area contributed by atoms with E-state index in [1.807, 2.05) is 0 Å². The molecule has 12 aromatic rings. The molecule has 2 aromatic heterocycles. The third kappa shape index (κ3) is 5.39. The van der Waals surface area contributed by atoms with Crippen molar-refractivity contribution in [2.24, 2.45) is 21.8 Å². The largest absolute Gasteiger partial charge is 0.309 e. The predicted octanol–water partition coefficient (Wildman–Crippen LogP) is 15.3. The normalized spacial score (nSPS) is 18.0. The summed E-state index contributed by atoms with van der Waals surface area (Å²) in [4.78, 5) is 11.3.